The van der Waals surface area contributed by atoms with Crippen LogP contribution in [0.15, 0.2) is 60.7 Å². The Bertz CT molecular complexity index is 1010. The molecule has 1 aliphatic heterocycles. The van der Waals surface area contributed by atoms with Crippen LogP contribution in [-0.2, 0) is 4.84 Å². The van der Waals surface area contributed by atoms with E-state index in [1.165, 1.54) is 30.3 Å². The second-order valence-corrected chi connectivity index (χ2v) is 6.58. The fourth-order valence-electron chi connectivity index (χ4n) is 2.59. The summed E-state index contributed by atoms with van der Waals surface area (Å²) in [5.41, 5.74) is 1.14. The van der Waals surface area contributed by atoms with Crippen LogP contribution in [0.1, 0.15) is 30.4 Å². The molecule has 0 bridgehead atoms. The number of fused-ring (bicyclic) bond motifs is 1. The Labute approximate surface area is 151 Å². The normalized spacial score (nSPS) is 13.0. The van der Waals surface area contributed by atoms with Gasteiger partial charge in [-0.15, -0.1) is 11.3 Å². The molecule has 7 heteroatoms. The SMILES string of the molecule is O=C(ON1C(=O)c2ccccc2C1=O)c1ccc(-c2ccc(F)cc2)s1. The van der Waals surface area contributed by atoms with Gasteiger partial charge in [0.15, 0.2) is 0 Å². The van der Waals surface area contributed by atoms with Crippen molar-refractivity contribution in [1.82, 2.24) is 5.06 Å². The lowest BCUT2D eigenvalue weighted by molar-refractivity contribution is -0.0581. The van der Waals surface area contributed by atoms with Gasteiger partial charge < -0.3 is 4.84 Å². The highest BCUT2D eigenvalue weighted by Gasteiger charge is 2.38. The Kier molecular flexibility index (Phi) is 3.85. The van der Waals surface area contributed by atoms with E-state index in [4.69, 9.17) is 4.84 Å². The standard InChI is InChI=1S/C19H10FNO4S/c20-12-7-5-11(6-8-12)15-9-10-16(26-15)19(24)25-21-17(22)13-3-1-2-4-14(13)18(21)23/h1-10H. The third kappa shape index (κ3) is 2.68. The molecule has 2 amide bonds. The molecular formula is C19H10FNO4S. The molecule has 26 heavy (non-hydrogen) atoms. The predicted molar refractivity (Wildman–Crippen MR) is 92.1 cm³/mol. The van der Waals surface area contributed by atoms with E-state index in [0.29, 0.717) is 5.06 Å². The smallest absolute Gasteiger partial charge is 0.323 e. The number of carbonyl (C=O) groups excluding carboxylic acids is 3. The first-order chi connectivity index (χ1) is 12.5. The Morgan fingerprint density at radius 2 is 1.50 bits per heavy atom. The van der Waals surface area contributed by atoms with E-state index in [0.717, 1.165) is 21.8 Å². The number of amides is 2. The van der Waals surface area contributed by atoms with Crippen molar-refractivity contribution >= 4 is 29.1 Å². The number of hydrogen-bond acceptors (Lipinski definition) is 5. The zero-order valence-electron chi connectivity index (χ0n) is 13.1. The summed E-state index contributed by atoms with van der Waals surface area (Å²) in [7, 11) is 0. The molecule has 0 radical (unpaired) electrons. The monoisotopic (exact) mass is 367 g/mol. The number of benzene rings is 2. The lowest BCUT2D eigenvalue weighted by atomic mass is 10.1. The summed E-state index contributed by atoms with van der Waals surface area (Å²) in [5, 5.41) is 0.476. The van der Waals surface area contributed by atoms with Crippen LogP contribution in [0.5, 0.6) is 0 Å². The van der Waals surface area contributed by atoms with Crippen molar-refractivity contribution in [1.29, 1.82) is 0 Å². The molecule has 2 aromatic carbocycles. The molecule has 1 aliphatic rings. The summed E-state index contributed by atoms with van der Waals surface area (Å²) < 4.78 is 13.0. The van der Waals surface area contributed by atoms with Gasteiger partial charge in [0.25, 0.3) is 11.8 Å². The van der Waals surface area contributed by atoms with Crippen LogP contribution < -0.4 is 0 Å². The van der Waals surface area contributed by atoms with E-state index < -0.39 is 17.8 Å². The highest BCUT2D eigenvalue weighted by atomic mass is 32.1. The first-order valence-corrected chi connectivity index (χ1v) is 8.42. The summed E-state index contributed by atoms with van der Waals surface area (Å²) >= 11 is 1.12. The topological polar surface area (TPSA) is 63.7 Å². The molecule has 0 spiro atoms. The van der Waals surface area contributed by atoms with Crippen LogP contribution in [0.3, 0.4) is 0 Å². The highest BCUT2D eigenvalue weighted by Crippen LogP contribution is 2.30. The molecule has 0 unspecified atom stereocenters. The zero-order chi connectivity index (χ0) is 18.3. The van der Waals surface area contributed by atoms with Crippen LogP contribution in [0.2, 0.25) is 0 Å². The Hall–Kier alpha value is -3.32. The molecule has 128 valence electrons. The lowest BCUT2D eigenvalue weighted by Gasteiger charge is -2.11. The number of hydroxylamine groups is 2. The zero-order valence-corrected chi connectivity index (χ0v) is 14.0. The van der Waals surface area contributed by atoms with Crippen molar-refractivity contribution in [3.8, 4) is 10.4 Å². The largest absolute Gasteiger partial charge is 0.373 e. The van der Waals surface area contributed by atoms with Gasteiger partial charge in [0, 0.05) is 4.88 Å². The number of carbonyl (C=O) groups is 3. The van der Waals surface area contributed by atoms with Crippen molar-refractivity contribution in [3.05, 3.63) is 82.5 Å². The first kappa shape index (κ1) is 16.2. The minimum absolute atomic E-state index is 0.198. The maximum absolute atomic E-state index is 13.0. The maximum Gasteiger partial charge on any atom is 0.373 e. The number of halogens is 1. The quantitative estimate of drug-likeness (QED) is 0.658. The third-order valence-corrected chi connectivity index (χ3v) is 4.98. The van der Waals surface area contributed by atoms with Crippen molar-refractivity contribution in [3.63, 3.8) is 0 Å². The fraction of sp³-hybridized carbons (Fsp3) is 0. The van der Waals surface area contributed by atoms with Gasteiger partial charge in [-0.2, -0.15) is 0 Å². The van der Waals surface area contributed by atoms with E-state index in [9.17, 15) is 18.8 Å². The van der Waals surface area contributed by atoms with Crippen molar-refractivity contribution in [2.24, 2.45) is 0 Å². The number of nitrogens with zero attached hydrogens (tertiary/aromatic N) is 1. The molecule has 0 aliphatic carbocycles. The highest BCUT2D eigenvalue weighted by molar-refractivity contribution is 7.17. The molecule has 0 atom stereocenters. The van der Waals surface area contributed by atoms with Gasteiger partial charge in [0.05, 0.1) is 11.1 Å². The number of imide groups is 1. The summed E-state index contributed by atoms with van der Waals surface area (Å²) in [5.74, 6) is -2.50. The van der Waals surface area contributed by atoms with Gasteiger partial charge in [-0.3, -0.25) is 9.59 Å². The third-order valence-electron chi connectivity index (χ3n) is 3.87. The summed E-state index contributed by atoms with van der Waals surface area (Å²) in [4.78, 5) is 42.8. The van der Waals surface area contributed by atoms with Crippen molar-refractivity contribution in [2.75, 3.05) is 0 Å². The van der Waals surface area contributed by atoms with Gasteiger partial charge in [-0.1, -0.05) is 29.3 Å². The molecule has 0 N–H and O–H groups in total. The minimum atomic E-state index is -0.808. The van der Waals surface area contributed by atoms with E-state index in [2.05, 4.69) is 0 Å². The average Bonchev–Trinajstić information content (AvgIpc) is 3.23. The summed E-state index contributed by atoms with van der Waals surface area (Å²) in [6.07, 6.45) is 0. The minimum Gasteiger partial charge on any atom is -0.323 e. The Morgan fingerprint density at radius 3 is 2.12 bits per heavy atom. The lowest BCUT2D eigenvalue weighted by Crippen LogP contribution is -2.32. The molecular weight excluding hydrogens is 357 g/mol. The second kappa shape index (κ2) is 6.20. The van der Waals surface area contributed by atoms with Gasteiger partial charge in [0.2, 0.25) is 0 Å². The molecule has 2 heterocycles. The summed E-state index contributed by atoms with van der Waals surface area (Å²) in [6, 6.07) is 15.3. The predicted octanol–water partition coefficient (Wildman–Crippen LogP) is 3.92. The average molecular weight is 367 g/mol. The molecule has 1 aromatic heterocycles. The first-order valence-electron chi connectivity index (χ1n) is 7.60. The van der Waals surface area contributed by atoms with Crippen LogP contribution in [0, 0.1) is 5.82 Å². The van der Waals surface area contributed by atoms with E-state index >= 15 is 0 Å². The second-order valence-electron chi connectivity index (χ2n) is 5.50. The number of rotatable bonds is 3. The molecule has 0 saturated carbocycles. The van der Waals surface area contributed by atoms with Crippen LogP contribution in [0.4, 0.5) is 4.39 Å². The molecule has 0 fully saturated rings. The van der Waals surface area contributed by atoms with Gasteiger partial charge in [0.1, 0.15) is 10.7 Å². The number of thiophene rings is 1. The van der Waals surface area contributed by atoms with Crippen LogP contribution in [0.25, 0.3) is 10.4 Å². The van der Waals surface area contributed by atoms with Crippen molar-refractivity contribution < 1.29 is 23.6 Å². The molecule has 4 rings (SSSR count). The van der Waals surface area contributed by atoms with Crippen LogP contribution >= 0.6 is 11.3 Å². The van der Waals surface area contributed by atoms with Gasteiger partial charge in [-0.05, 0) is 42.0 Å². The van der Waals surface area contributed by atoms with Gasteiger partial charge >= 0.3 is 5.97 Å². The van der Waals surface area contributed by atoms with Gasteiger partial charge in [-0.25, -0.2) is 9.18 Å². The Morgan fingerprint density at radius 1 is 0.885 bits per heavy atom. The van der Waals surface area contributed by atoms with E-state index in [-0.39, 0.29) is 21.8 Å². The van der Waals surface area contributed by atoms with Crippen LogP contribution in [-0.4, -0.2) is 22.8 Å². The fourth-order valence-corrected chi connectivity index (χ4v) is 3.48. The molecule has 0 saturated heterocycles. The van der Waals surface area contributed by atoms with E-state index in [1.54, 1.807) is 30.3 Å². The van der Waals surface area contributed by atoms with Crippen molar-refractivity contribution in [2.45, 2.75) is 0 Å². The van der Waals surface area contributed by atoms with E-state index in [1.807, 2.05) is 0 Å². The maximum atomic E-state index is 13.0. The Balaban J connectivity index is 1.54. The summed E-state index contributed by atoms with van der Waals surface area (Å²) in [6.45, 7) is 0. The number of hydrogen-bond donors (Lipinski definition) is 0. The molecule has 3 aromatic rings. The molecule has 5 nitrogen and oxygen atoms in total.